The molecule has 0 bridgehead atoms. The molecular formula is C17H29N5O. The van der Waals surface area contributed by atoms with Gasteiger partial charge in [0.15, 0.2) is 0 Å². The summed E-state index contributed by atoms with van der Waals surface area (Å²) in [6, 6.07) is 2.27. The fraction of sp³-hybridized carbons (Fsp3) is 0.824. The maximum absolute atomic E-state index is 6.10. The highest BCUT2D eigenvalue weighted by Crippen LogP contribution is 2.15. The zero-order chi connectivity index (χ0) is 15.5. The van der Waals surface area contributed by atoms with Crippen molar-refractivity contribution < 1.29 is 4.74 Å². The molecule has 0 amide bonds. The van der Waals surface area contributed by atoms with Crippen molar-refractivity contribution in [2.75, 3.05) is 45.9 Å². The van der Waals surface area contributed by atoms with Gasteiger partial charge in [-0.3, -0.25) is 9.58 Å². The van der Waals surface area contributed by atoms with Crippen molar-refractivity contribution in [3.8, 4) is 0 Å². The van der Waals surface area contributed by atoms with Gasteiger partial charge in [0.2, 0.25) is 0 Å². The van der Waals surface area contributed by atoms with E-state index in [0.717, 1.165) is 58.8 Å². The van der Waals surface area contributed by atoms with Crippen LogP contribution in [-0.2, 0) is 24.4 Å². The minimum Gasteiger partial charge on any atom is -0.376 e. The number of aromatic nitrogens is 2. The highest BCUT2D eigenvalue weighted by Gasteiger charge is 2.23. The summed E-state index contributed by atoms with van der Waals surface area (Å²) in [4.78, 5) is 5.10. The largest absolute Gasteiger partial charge is 0.376 e. The van der Waals surface area contributed by atoms with Crippen molar-refractivity contribution in [2.24, 2.45) is 0 Å². The molecule has 4 heterocycles. The molecule has 0 aliphatic carbocycles. The van der Waals surface area contributed by atoms with Gasteiger partial charge in [-0.1, -0.05) is 0 Å². The smallest absolute Gasteiger partial charge is 0.0828 e. The SMILES string of the molecule is c1c(CN2CCCO[C@@H](CN3CCCC3)C2)nn2c1CNCC2. The van der Waals surface area contributed by atoms with E-state index in [4.69, 9.17) is 9.84 Å². The van der Waals surface area contributed by atoms with E-state index in [-0.39, 0.29) is 0 Å². The summed E-state index contributed by atoms with van der Waals surface area (Å²) in [7, 11) is 0. The predicted molar refractivity (Wildman–Crippen MR) is 89.2 cm³/mol. The summed E-state index contributed by atoms with van der Waals surface area (Å²) in [5, 5.41) is 8.20. The summed E-state index contributed by atoms with van der Waals surface area (Å²) >= 11 is 0. The lowest BCUT2D eigenvalue weighted by Gasteiger charge is -2.26. The quantitative estimate of drug-likeness (QED) is 0.884. The maximum Gasteiger partial charge on any atom is 0.0828 e. The Labute approximate surface area is 138 Å². The van der Waals surface area contributed by atoms with E-state index in [1.54, 1.807) is 0 Å². The molecule has 0 aromatic carbocycles. The van der Waals surface area contributed by atoms with Crippen molar-refractivity contribution in [1.29, 1.82) is 0 Å². The van der Waals surface area contributed by atoms with Crippen molar-refractivity contribution in [2.45, 2.75) is 45.0 Å². The van der Waals surface area contributed by atoms with Crippen LogP contribution in [-0.4, -0.2) is 71.6 Å². The van der Waals surface area contributed by atoms with E-state index in [1.807, 2.05) is 0 Å². The standard InChI is InChI=1S/C17H29N5O/c1-2-6-20(5-1)13-17-14-21(7-3-9-23-17)12-15-10-16-11-18-4-8-22(16)19-15/h10,17-18H,1-9,11-14H2/t17-/m0/s1. The van der Waals surface area contributed by atoms with Gasteiger partial charge in [0.1, 0.15) is 0 Å². The molecule has 1 N–H and O–H groups in total. The number of rotatable bonds is 4. The Hall–Kier alpha value is -0.950. The number of nitrogens with one attached hydrogen (secondary N) is 1. The van der Waals surface area contributed by atoms with Gasteiger partial charge >= 0.3 is 0 Å². The normalized spacial score (nSPS) is 27.0. The molecule has 3 aliphatic heterocycles. The molecule has 0 spiro atoms. The molecule has 23 heavy (non-hydrogen) atoms. The Bertz CT molecular complexity index is 488. The number of hydrogen-bond donors (Lipinski definition) is 1. The van der Waals surface area contributed by atoms with E-state index < -0.39 is 0 Å². The molecule has 6 nitrogen and oxygen atoms in total. The molecule has 1 atom stereocenters. The fourth-order valence-electron chi connectivity index (χ4n) is 4.04. The van der Waals surface area contributed by atoms with Crippen LogP contribution < -0.4 is 5.32 Å². The lowest BCUT2D eigenvalue weighted by Crippen LogP contribution is -2.39. The van der Waals surface area contributed by atoms with Crippen LogP contribution in [0.4, 0.5) is 0 Å². The lowest BCUT2D eigenvalue weighted by atomic mass is 10.2. The minimum absolute atomic E-state index is 0.356. The predicted octanol–water partition coefficient (Wildman–Crippen LogP) is 0.673. The van der Waals surface area contributed by atoms with Crippen LogP contribution in [0.1, 0.15) is 30.7 Å². The first-order chi connectivity index (χ1) is 11.4. The lowest BCUT2D eigenvalue weighted by molar-refractivity contribution is 0.0306. The van der Waals surface area contributed by atoms with Crippen LogP contribution in [0, 0.1) is 0 Å². The molecule has 1 aromatic rings. The van der Waals surface area contributed by atoms with Crippen LogP contribution in [0.5, 0.6) is 0 Å². The first-order valence-corrected chi connectivity index (χ1v) is 9.19. The molecule has 6 heteroatoms. The molecule has 3 aliphatic rings. The van der Waals surface area contributed by atoms with E-state index in [0.29, 0.717) is 6.10 Å². The highest BCUT2D eigenvalue weighted by molar-refractivity contribution is 5.11. The number of hydrogen-bond acceptors (Lipinski definition) is 5. The maximum atomic E-state index is 6.10. The number of fused-ring (bicyclic) bond motifs is 1. The van der Waals surface area contributed by atoms with Crippen LogP contribution in [0.15, 0.2) is 6.07 Å². The first kappa shape index (κ1) is 15.6. The topological polar surface area (TPSA) is 45.6 Å². The molecular weight excluding hydrogens is 290 g/mol. The molecule has 1 aromatic heterocycles. The van der Waals surface area contributed by atoms with Gasteiger partial charge in [-0.2, -0.15) is 5.10 Å². The molecule has 2 saturated heterocycles. The van der Waals surface area contributed by atoms with Gasteiger partial charge in [-0.05, 0) is 38.4 Å². The molecule has 4 rings (SSSR count). The van der Waals surface area contributed by atoms with E-state index in [9.17, 15) is 0 Å². The summed E-state index contributed by atoms with van der Waals surface area (Å²) in [6.45, 7) is 10.6. The third kappa shape index (κ3) is 3.94. The minimum atomic E-state index is 0.356. The number of likely N-dealkylation sites (tertiary alicyclic amines) is 1. The van der Waals surface area contributed by atoms with Crippen molar-refractivity contribution in [3.05, 3.63) is 17.5 Å². The van der Waals surface area contributed by atoms with Crippen molar-refractivity contribution >= 4 is 0 Å². The third-order valence-electron chi connectivity index (χ3n) is 5.20. The Balaban J connectivity index is 1.36. The van der Waals surface area contributed by atoms with Crippen molar-refractivity contribution in [3.63, 3.8) is 0 Å². The molecule has 128 valence electrons. The van der Waals surface area contributed by atoms with Gasteiger partial charge in [0, 0.05) is 45.9 Å². The van der Waals surface area contributed by atoms with E-state index in [1.165, 1.54) is 37.3 Å². The van der Waals surface area contributed by atoms with E-state index >= 15 is 0 Å². The Morgan fingerprint density at radius 3 is 2.87 bits per heavy atom. The van der Waals surface area contributed by atoms with Crippen molar-refractivity contribution in [1.82, 2.24) is 24.9 Å². The second-order valence-electron chi connectivity index (χ2n) is 7.12. The summed E-state index contributed by atoms with van der Waals surface area (Å²) in [6.07, 6.45) is 4.19. The zero-order valence-corrected chi connectivity index (χ0v) is 14.0. The van der Waals surface area contributed by atoms with Crippen LogP contribution in [0.3, 0.4) is 0 Å². The molecule has 0 saturated carbocycles. The van der Waals surface area contributed by atoms with Crippen LogP contribution in [0.25, 0.3) is 0 Å². The second-order valence-corrected chi connectivity index (χ2v) is 7.12. The van der Waals surface area contributed by atoms with Crippen LogP contribution in [0.2, 0.25) is 0 Å². The first-order valence-electron chi connectivity index (χ1n) is 9.19. The average Bonchev–Trinajstić information content (AvgIpc) is 3.14. The third-order valence-corrected chi connectivity index (χ3v) is 5.20. The Morgan fingerprint density at radius 2 is 2.00 bits per heavy atom. The van der Waals surface area contributed by atoms with Gasteiger partial charge in [0.05, 0.1) is 24.0 Å². The second kappa shape index (κ2) is 7.30. The van der Waals surface area contributed by atoms with E-state index in [2.05, 4.69) is 25.9 Å². The van der Waals surface area contributed by atoms with Gasteiger partial charge < -0.3 is 15.0 Å². The van der Waals surface area contributed by atoms with Gasteiger partial charge in [-0.25, -0.2) is 0 Å². The number of nitrogens with zero attached hydrogens (tertiary/aromatic N) is 4. The monoisotopic (exact) mass is 319 g/mol. The summed E-state index contributed by atoms with van der Waals surface area (Å²) in [5.41, 5.74) is 2.54. The highest BCUT2D eigenvalue weighted by atomic mass is 16.5. The van der Waals surface area contributed by atoms with Gasteiger partial charge in [-0.15, -0.1) is 0 Å². The average molecular weight is 319 g/mol. The fourth-order valence-corrected chi connectivity index (χ4v) is 4.04. The zero-order valence-electron chi connectivity index (χ0n) is 14.0. The van der Waals surface area contributed by atoms with Crippen LogP contribution >= 0.6 is 0 Å². The van der Waals surface area contributed by atoms with Gasteiger partial charge in [0.25, 0.3) is 0 Å². The Kier molecular flexibility index (Phi) is 4.94. The molecule has 2 fully saturated rings. The summed E-state index contributed by atoms with van der Waals surface area (Å²) in [5.74, 6) is 0. The number of ether oxygens (including phenoxy) is 1. The Morgan fingerprint density at radius 1 is 1.13 bits per heavy atom. The molecule has 0 radical (unpaired) electrons. The summed E-state index contributed by atoms with van der Waals surface area (Å²) < 4.78 is 8.26. The molecule has 0 unspecified atom stereocenters.